The van der Waals surface area contributed by atoms with Crippen molar-refractivity contribution in [1.29, 1.82) is 0 Å². The van der Waals surface area contributed by atoms with Crippen LogP contribution in [0.5, 0.6) is 0 Å². The van der Waals surface area contributed by atoms with Crippen molar-refractivity contribution >= 4 is 11.9 Å². The summed E-state index contributed by atoms with van der Waals surface area (Å²) in [7, 11) is 0. The summed E-state index contributed by atoms with van der Waals surface area (Å²) < 4.78 is 1.70. The number of amides is 1. The third-order valence-electron chi connectivity index (χ3n) is 3.35. The summed E-state index contributed by atoms with van der Waals surface area (Å²) >= 11 is 0. The van der Waals surface area contributed by atoms with Gasteiger partial charge in [-0.15, -0.1) is 0 Å². The average molecular weight is 315 g/mol. The molecular weight excluding hydrogens is 294 g/mol. The molecule has 0 fully saturated rings. The van der Waals surface area contributed by atoms with Gasteiger partial charge >= 0.3 is 5.97 Å². The molecule has 0 bridgehead atoms. The zero-order valence-corrected chi connectivity index (χ0v) is 13.6. The molecule has 1 aromatic heterocycles. The van der Waals surface area contributed by atoms with E-state index in [0.29, 0.717) is 5.56 Å². The number of hydrogen-bond acceptors (Lipinski definition) is 3. The highest BCUT2D eigenvalue weighted by atomic mass is 16.4. The van der Waals surface area contributed by atoms with Gasteiger partial charge in [0.2, 0.25) is 0 Å². The van der Waals surface area contributed by atoms with Crippen molar-refractivity contribution in [2.75, 3.05) is 6.54 Å². The lowest BCUT2D eigenvalue weighted by Crippen LogP contribution is -2.35. The number of benzene rings is 1. The van der Waals surface area contributed by atoms with Gasteiger partial charge in [0, 0.05) is 12.7 Å². The van der Waals surface area contributed by atoms with E-state index in [1.165, 1.54) is 11.1 Å². The van der Waals surface area contributed by atoms with E-state index >= 15 is 0 Å². The highest BCUT2D eigenvalue weighted by molar-refractivity contribution is 5.95. The van der Waals surface area contributed by atoms with E-state index in [-0.39, 0.29) is 24.5 Å². The van der Waals surface area contributed by atoms with Crippen LogP contribution >= 0.6 is 0 Å². The summed E-state index contributed by atoms with van der Waals surface area (Å²) in [4.78, 5) is 25.0. The standard InChI is InChI=1S/C17H21N3O3/c1-17(2,3)20-11-14(9-18-20)16(23)19(12-15(21)22)10-13-7-5-4-6-8-13/h4-9,11H,10,12H2,1-3H3,(H,21,22). The molecule has 1 heterocycles. The zero-order chi connectivity index (χ0) is 17.0. The van der Waals surface area contributed by atoms with Gasteiger partial charge in [0.1, 0.15) is 6.54 Å². The smallest absolute Gasteiger partial charge is 0.323 e. The quantitative estimate of drug-likeness (QED) is 0.919. The van der Waals surface area contributed by atoms with E-state index in [1.54, 1.807) is 10.9 Å². The topological polar surface area (TPSA) is 75.4 Å². The number of aromatic nitrogens is 2. The van der Waals surface area contributed by atoms with Crippen LogP contribution in [0.4, 0.5) is 0 Å². The summed E-state index contributed by atoms with van der Waals surface area (Å²) in [6.45, 7) is 5.83. The lowest BCUT2D eigenvalue weighted by Gasteiger charge is -2.21. The second-order valence-electron chi connectivity index (χ2n) is 6.38. The fourth-order valence-corrected chi connectivity index (χ4v) is 2.15. The van der Waals surface area contributed by atoms with Gasteiger partial charge in [0.15, 0.2) is 0 Å². The molecule has 0 atom stereocenters. The second kappa shape index (κ2) is 6.64. The Morgan fingerprint density at radius 3 is 2.39 bits per heavy atom. The molecule has 0 saturated heterocycles. The van der Waals surface area contributed by atoms with Crippen LogP contribution in [0.1, 0.15) is 36.7 Å². The third kappa shape index (κ3) is 4.42. The maximum absolute atomic E-state index is 12.6. The van der Waals surface area contributed by atoms with Crippen molar-refractivity contribution < 1.29 is 14.7 Å². The maximum Gasteiger partial charge on any atom is 0.323 e. The lowest BCUT2D eigenvalue weighted by atomic mass is 10.1. The predicted octanol–water partition coefficient (Wildman–Crippen LogP) is 2.37. The molecule has 1 amide bonds. The van der Waals surface area contributed by atoms with Crippen LogP contribution in [0.2, 0.25) is 0 Å². The van der Waals surface area contributed by atoms with Gasteiger partial charge in [-0.25, -0.2) is 0 Å². The Balaban J connectivity index is 2.22. The number of carbonyl (C=O) groups excluding carboxylic acids is 1. The summed E-state index contributed by atoms with van der Waals surface area (Å²) in [5.41, 5.74) is 1.03. The summed E-state index contributed by atoms with van der Waals surface area (Å²) in [5.74, 6) is -1.38. The predicted molar refractivity (Wildman–Crippen MR) is 86.0 cm³/mol. The van der Waals surface area contributed by atoms with Gasteiger partial charge in [-0.05, 0) is 26.3 Å². The van der Waals surface area contributed by atoms with Gasteiger partial charge in [-0.1, -0.05) is 30.3 Å². The Morgan fingerprint density at radius 1 is 1.22 bits per heavy atom. The summed E-state index contributed by atoms with van der Waals surface area (Å²) in [6.07, 6.45) is 3.13. The van der Waals surface area contributed by atoms with Crippen LogP contribution in [0.15, 0.2) is 42.7 Å². The molecular formula is C17H21N3O3. The zero-order valence-electron chi connectivity index (χ0n) is 13.6. The molecule has 0 radical (unpaired) electrons. The summed E-state index contributed by atoms with van der Waals surface area (Å²) in [6, 6.07) is 9.31. The first kappa shape index (κ1) is 16.7. The molecule has 23 heavy (non-hydrogen) atoms. The van der Waals surface area contributed by atoms with E-state index < -0.39 is 5.97 Å². The highest BCUT2D eigenvalue weighted by Crippen LogP contribution is 2.15. The number of aliphatic carboxylic acids is 1. The van der Waals surface area contributed by atoms with E-state index in [2.05, 4.69) is 5.10 Å². The van der Waals surface area contributed by atoms with E-state index in [9.17, 15) is 9.59 Å². The number of rotatable bonds is 5. The van der Waals surface area contributed by atoms with Crippen molar-refractivity contribution in [2.24, 2.45) is 0 Å². The molecule has 2 rings (SSSR count). The number of hydrogen-bond donors (Lipinski definition) is 1. The van der Waals surface area contributed by atoms with Crippen molar-refractivity contribution in [3.05, 3.63) is 53.9 Å². The van der Waals surface area contributed by atoms with Crippen molar-refractivity contribution in [3.8, 4) is 0 Å². The van der Waals surface area contributed by atoms with Crippen LogP contribution in [-0.2, 0) is 16.9 Å². The molecule has 0 spiro atoms. The van der Waals surface area contributed by atoms with Crippen molar-refractivity contribution in [2.45, 2.75) is 32.9 Å². The summed E-state index contributed by atoms with van der Waals surface area (Å²) in [5, 5.41) is 13.3. The first-order valence-corrected chi connectivity index (χ1v) is 7.37. The minimum Gasteiger partial charge on any atom is -0.480 e. The lowest BCUT2D eigenvalue weighted by molar-refractivity contribution is -0.137. The average Bonchev–Trinajstić information content (AvgIpc) is 2.96. The van der Waals surface area contributed by atoms with Gasteiger partial charge < -0.3 is 10.0 Å². The normalized spacial score (nSPS) is 11.3. The molecule has 0 aliphatic carbocycles. The van der Waals surface area contributed by atoms with Crippen LogP contribution in [0, 0.1) is 0 Å². The monoisotopic (exact) mass is 315 g/mol. The van der Waals surface area contributed by atoms with Crippen LogP contribution < -0.4 is 0 Å². The van der Waals surface area contributed by atoms with E-state index in [4.69, 9.17) is 5.11 Å². The molecule has 1 N–H and O–H groups in total. The molecule has 1 aromatic carbocycles. The van der Waals surface area contributed by atoms with E-state index in [1.807, 2.05) is 51.1 Å². The fourth-order valence-electron chi connectivity index (χ4n) is 2.15. The second-order valence-corrected chi connectivity index (χ2v) is 6.38. The Hall–Kier alpha value is -2.63. The molecule has 2 aromatic rings. The first-order valence-electron chi connectivity index (χ1n) is 7.37. The van der Waals surface area contributed by atoms with Gasteiger partial charge in [0.25, 0.3) is 5.91 Å². The molecule has 0 aliphatic rings. The molecule has 122 valence electrons. The Morgan fingerprint density at radius 2 is 1.87 bits per heavy atom. The first-order chi connectivity index (χ1) is 10.8. The minimum atomic E-state index is -1.04. The van der Waals surface area contributed by atoms with Crippen molar-refractivity contribution in [3.63, 3.8) is 0 Å². The van der Waals surface area contributed by atoms with Crippen LogP contribution in [0.25, 0.3) is 0 Å². The molecule has 0 aliphatic heterocycles. The largest absolute Gasteiger partial charge is 0.480 e. The molecule has 6 nitrogen and oxygen atoms in total. The van der Waals surface area contributed by atoms with Crippen LogP contribution in [0.3, 0.4) is 0 Å². The number of carboxylic acids is 1. The SMILES string of the molecule is CC(C)(C)n1cc(C(=O)N(CC(=O)O)Cc2ccccc2)cn1. The Labute approximate surface area is 135 Å². The van der Waals surface area contributed by atoms with Crippen LogP contribution in [-0.4, -0.2) is 38.2 Å². The van der Waals surface area contributed by atoms with Gasteiger partial charge in [-0.2, -0.15) is 5.10 Å². The van der Waals surface area contributed by atoms with Gasteiger partial charge in [0.05, 0.1) is 17.3 Å². The highest BCUT2D eigenvalue weighted by Gasteiger charge is 2.22. The Kier molecular flexibility index (Phi) is 4.83. The van der Waals surface area contributed by atoms with E-state index in [0.717, 1.165) is 5.56 Å². The fraction of sp³-hybridized carbons (Fsp3) is 0.353. The number of carbonyl (C=O) groups is 2. The third-order valence-corrected chi connectivity index (χ3v) is 3.35. The number of nitrogens with zero attached hydrogens (tertiary/aromatic N) is 3. The molecule has 6 heteroatoms. The van der Waals surface area contributed by atoms with Gasteiger partial charge in [-0.3, -0.25) is 14.3 Å². The molecule has 0 unspecified atom stereocenters. The minimum absolute atomic E-state index is 0.240. The Bertz CT molecular complexity index is 687. The molecule has 0 saturated carbocycles. The maximum atomic E-state index is 12.6. The van der Waals surface area contributed by atoms with Crippen molar-refractivity contribution in [1.82, 2.24) is 14.7 Å². The number of carboxylic acid groups (broad SMARTS) is 1.